The van der Waals surface area contributed by atoms with E-state index in [1.54, 1.807) is 0 Å². The van der Waals surface area contributed by atoms with E-state index in [0.29, 0.717) is 18.0 Å². The second kappa shape index (κ2) is 5.62. The van der Waals surface area contributed by atoms with Gasteiger partial charge in [0, 0.05) is 36.2 Å². The molecule has 2 fully saturated rings. The lowest BCUT2D eigenvalue weighted by Gasteiger charge is -2.38. The zero-order valence-electron chi connectivity index (χ0n) is 12.9. The fraction of sp³-hybridized carbons (Fsp3) is 0.667. The van der Waals surface area contributed by atoms with Gasteiger partial charge in [-0.05, 0) is 31.9 Å². The average molecular weight is 286 g/mol. The number of ether oxygens (including phenoxy) is 1. The van der Waals surface area contributed by atoms with E-state index < -0.39 is 0 Å². The highest BCUT2D eigenvalue weighted by molar-refractivity contribution is 5.38. The van der Waals surface area contributed by atoms with Crippen LogP contribution in [0.25, 0.3) is 0 Å². The summed E-state index contributed by atoms with van der Waals surface area (Å²) in [6.07, 6.45) is 5.47. The average Bonchev–Trinajstić information content (AvgIpc) is 2.93. The molecule has 1 N–H and O–H groups in total. The van der Waals surface area contributed by atoms with Crippen molar-refractivity contribution in [2.75, 3.05) is 19.7 Å². The van der Waals surface area contributed by atoms with Crippen LogP contribution in [0.5, 0.6) is 5.75 Å². The summed E-state index contributed by atoms with van der Waals surface area (Å²) < 4.78 is 5.89. The Morgan fingerprint density at radius 3 is 3.00 bits per heavy atom. The number of benzene rings is 1. The molecule has 0 aliphatic carbocycles. The van der Waals surface area contributed by atoms with Gasteiger partial charge in [0.2, 0.25) is 0 Å². The highest BCUT2D eigenvalue weighted by Gasteiger charge is 2.38. The van der Waals surface area contributed by atoms with Gasteiger partial charge in [0.15, 0.2) is 0 Å². The van der Waals surface area contributed by atoms with Crippen molar-refractivity contribution >= 4 is 0 Å². The van der Waals surface area contributed by atoms with E-state index in [1.807, 2.05) is 0 Å². The molecule has 4 rings (SSSR count). The molecule has 3 heterocycles. The predicted octanol–water partition coefficient (Wildman–Crippen LogP) is 2.97. The van der Waals surface area contributed by atoms with Gasteiger partial charge in [-0.2, -0.15) is 0 Å². The monoisotopic (exact) mass is 286 g/mol. The topological polar surface area (TPSA) is 24.5 Å². The number of hydrogen-bond donors (Lipinski definition) is 1. The molecule has 0 amide bonds. The van der Waals surface area contributed by atoms with Crippen molar-refractivity contribution in [2.24, 2.45) is 5.92 Å². The Morgan fingerprint density at radius 1 is 1.14 bits per heavy atom. The normalized spacial score (nSPS) is 35.9. The molecule has 4 atom stereocenters. The first-order valence-corrected chi connectivity index (χ1v) is 8.55. The Morgan fingerprint density at radius 2 is 2.05 bits per heavy atom. The largest absolute Gasteiger partial charge is 0.493 e. The van der Waals surface area contributed by atoms with Crippen LogP contribution in [0.2, 0.25) is 0 Å². The summed E-state index contributed by atoms with van der Waals surface area (Å²) in [4.78, 5) is 2.71. The number of nitrogens with zero attached hydrogens (tertiary/aromatic N) is 1. The highest BCUT2D eigenvalue weighted by atomic mass is 16.5. The lowest BCUT2D eigenvalue weighted by atomic mass is 9.89. The van der Waals surface area contributed by atoms with Crippen LogP contribution in [0, 0.1) is 5.92 Å². The van der Waals surface area contributed by atoms with Crippen molar-refractivity contribution < 1.29 is 4.74 Å². The van der Waals surface area contributed by atoms with Crippen LogP contribution in [0.1, 0.15) is 44.2 Å². The molecule has 1 aromatic carbocycles. The van der Waals surface area contributed by atoms with Crippen LogP contribution in [-0.4, -0.2) is 36.7 Å². The fourth-order valence-electron chi connectivity index (χ4n) is 4.42. The van der Waals surface area contributed by atoms with Gasteiger partial charge in [0.1, 0.15) is 5.75 Å². The van der Waals surface area contributed by atoms with E-state index >= 15 is 0 Å². The Balaban J connectivity index is 1.54. The Hall–Kier alpha value is -1.06. The molecule has 3 aliphatic heterocycles. The Kier molecular flexibility index (Phi) is 3.64. The van der Waals surface area contributed by atoms with Crippen LogP contribution in [0.3, 0.4) is 0 Å². The van der Waals surface area contributed by atoms with Gasteiger partial charge in [0.25, 0.3) is 0 Å². The summed E-state index contributed by atoms with van der Waals surface area (Å²) in [5.74, 6) is 1.61. The minimum absolute atomic E-state index is 0.446. The van der Waals surface area contributed by atoms with E-state index in [1.165, 1.54) is 44.3 Å². The van der Waals surface area contributed by atoms with E-state index in [0.717, 1.165) is 18.4 Å². The zero-order chi connectivity index (χ0) is 14.2. The molecule has 0 saturated carbocycles. The van der Waals surface area contributed by atoms with Gasteiger partial charge < -0.3 is 10.1 Å². The Labute approximate surface area is 127 Å². The third-order valence-electron chi connectivity index (χ3n) is 5.57. The molecule has 2 saturated heterocycles. The summed E-state index contributed by atoms with van der Waals surface area (Å²) in [6.45, 7) is 5.72. The molecule has 0 spiro atoms. The third kappa shape index (κ3) is 2.47. The highest BCUT2D eigenvalue weighted by Crippen LogP contribution is 2.37. The quantitative estimate of drug-likeness (QED) is 0.904. The first-order valence-electron chi connectivity index (χ1n) is 8.55. The molecule has 4 unspecified atom stereocenters. The number of piperidine rings is 1. The van der Waals surface area contributed by atoms with E-state index in [-0.39, 0.29) is 0 Å². The first kappa shape index (κ1) is 13.6. The summed E-state index contributed by atoms with van der Waals surface area (Å²) in [7, 11) is 0. The number of nitrogens with one attached hydrogen (secondary N) is 1. The van der Waals surface area contributed by atoms with E-state index in [9.17, 15) is 0 Å². The second-order valence-corrected chi connectivity index (χ2v) is 6.96. The van der Waals surface area contributed by atoms with Gasteiger partial charge in [-0.25, -0.2) is 0 Å². The molecule has 1 aromatic rings. The number of fused-ring (bicyclic) bond motifs is 2. The first-order chi connectivity index (χ1) is 10.3. The molecular formula is C18H26N2O. The van der Waals surface area contributed by atoms with Gasteiger partial charge >= 0.3 is 0 Å². The second-order valence-electron chi connectivity index (χ2n) is 6.96. The van der Waals surface area contributed by atoms with Crippen molar-refractivity contribution in [3.05, 3.63) is 29.8 Å². The number of hydrogen-bond acceptors (Lipinski definition) is 3. The molecule has 21 heavy (non-hydrogen) atoms. The van der Waals surface area contributed by atoms with Crippen molar-refractivity contribution in [1.82, 2.24) is 10.2 Å². The van der Waals surface area contributed by atoms with Gasteiger partial charge in [-0.15, -0.1) is 0 Å². The predicted molar refractivity (Wildman–Crippen MR) is 84.6 cm³/mol. The molecule has 114 valence electrons. The SMILES string of the molecule is CC1COc2ccccc2C1NC1CCN2CCCCC12. The van der Waals surface area contributed by atoms with Gasteiger partial charge in [0.05, 0.1) is 6.61 Å². The fourth-order valence-corrected chi connectivity index (χ4v) is 4.42. The smallest absolute Gasteiger partial charge is 0.124 e. The van der Waals surface area contributed by atoms with Crippen molar-refractivity contribution in [2.45, 2.75) is 50.7 Å². The summed E-state index contributed by atoms with van der Waals surface area (Å²) in [5.41, 5.74) is 1.35. The van der Waals surface area contributed by atoms with Crippen LogP contribution >= 0.6 is 0 Å². The third-order valence-corrected chi connectivity index (χ3v) is 5.57. The molecule has 3 aliphatic rings. The summed E-state index contributed by atoms with van der Waals surface area (Å²) in [6, 6.07) is 10.4. The van der Waals surface area contributed by atoms with Crippen LogP contribution in [0.15, 0.2) is 24.3 Å². The minimum Gasteiger partial charge on any atom is -0.493 e. The van der Waals surface area contributed by atoms with Crippen molar-refractivity contribution in [1.29, 1.82) is 0 Å². The van der Waals surface area contributed by atoms with Crippen LogP contribution in [0.4, 0.5) is 0 Å². The number of para-hydroxylation sites is 1. The van der Waals surface area contributed by atoms with E-state index in [2.05, 4.69) is 41.4 Å². The lowest BCUT2D eigenvalue weighted by molar-refractivity contribution is 0.149. The number of rotatable bonds is 2. The zero-order valence-corrected chi connectivity index (χ0v) is 12.9. The molecule has 0 radical (unpaired) electrons. The summed E-state index contributed by atoms with van der Waals surface area (Å²) in [5, 5.41) is 4.00. The lowest BCUT2D eigenvalue weighted by Crippen LogP contribution is -2.48. The molecule has 0 aromatic heterocycles. The molecule has 3 nitrogen and oxygen atoms in total. The molecular weight excluding hydrogens is 260 g/mol. The molecule has 0 bridgehead atoms. The van der Waals surface area contributed by atoms with Crippen molar-refractivity contribution in [3.63, 3.8) is 0 Å². The van der Waals surface area contributed by atoms with Crippen molar-refractivity contribution in [3.8, 4) is 5.75 Å². The maximum absolute atomic E-state index is 5.89. The van der Waals surface area contributed by atoms with Crippen LogP contribution < -0.4 is 10.1 Å². The van der Waals surface area contributed by atoms with Crippen LogP contribution in [-0.2, 0) is 0 Å². The maximum atomic E-state index is 5.89. The van der Waals surface area contributed by atoms with Gasteiger partial charge in [-0.1, -0.05) is 31.5 Å². The standard InChI is InChI=1S/C18H26N2O/c1-13-12-21-17-8-3-2-6-14(17)18(13)19-15-9-11-20-10-5-4-7-16(15)20/h2-3,6,8,13,15-16,18-19H,4-5,7,9-12H2,1H3. The molecule has 3 heteroatoms. The van der Waals surface area contributed by atoms with E-state index in [4.69, 9.17) is 4.74 Å². The summed E-state index contributed by atoms with van der Waals surface area (Å²) >= 11 is 0. The van der Waals surface area contributed by atoms with Gasteiger partial charge in [-0.3, -0.25) is 4.90 Å². The maximum Gasteiger partial charge on any atom is 0.124 e. The minimum atomic E-state index is 0.446. The Bertz CT molecular complexity index is 504.